The number of hydrogen-bond donors (Lipinski definition) is 0. The first-order chi connectivity index (χ1) is 13.5. The van der Waals surface area contributed by atoms with Crippen molar-refractivity contribution < 1.29 is 13.9 Å². The predicted molar refractivity (Wildman–Crippen MR) is 113 cm³/mol. The van der Waals surface area contributed by atoms with Crippen molar-refractivity contribution >= 4 is 29.2 Å². The second-order valence-electron chi connectivity index (χ2n) is 7.87. The van der Waals surface area contributed by atoms with E-state index in [1.165, 1.54) is 18.2 Å². The molecule has 0 aliphatic carbocycles. The second kappa shape index (κ2) is 8.17. The monoisotopic (exact) mass is 434 g/mol. The molecule has 3 aromatic rings. The predicted octanol–water partition coefficient (Wildman–Crippen LogP) is 6.20. The van der Waals surface area contributed by atoms with Crippen LogP contribution >= 0.6 is 23.2 Å². The van der Waals surface area contributed by atoms with Gasteiger partial charge in [0.15, 0.2) is 5.75 Å². The van der Waals surface area contributed by atoms with Crippen molar-refractivity contribution in [3.05, 3.63) is 80.8 Å². The summed E-state index contributed by atoms with van der Waals surface area (Å²) in [7, 11) is 0. The lowest BCUT2D eigenvalue weighted by Crippen LogP contribution is -2.17. The molecule has 0 saturated carbocycles. The van der Waals surface area contributed by atoms with Gasteiger partial charge in [-0.15, -0.1) is 0 Å². The third kappa shape index (κ3) is 4.98. The number of benzene rings is 2. The minimum atomic E-state index is -0.581. The molecule has 7 heteroatoms. The largest absolute Gasteiger partial charge is 0.420 e. The molecular formula is C22H21Cl2FN2O2. The molecule has 29 heavy (non-hydrogen) atoms. The Labute approximate surface area is 179 Å². The molecule has 0 bridgehead atoms. The maximum Gasteiger partial charge on any atom is 0.362 e. The van der Waals surface area contributed by atoms with E-state index in [0.717, 1.165) is 11.3 Å². The molecule has 4 nitrogen and oxygen atoms in total. The van der Waals surface area contributed by atoms with Crippen molar-refractivity contribution in [3.8, 4) is 5.75 Å². The first-order valence-corrected chi connectivity index (χ1v) is 9.81. The first-order valence-electron chi connectivity index (χ1n) is 9.05. The van der Waals surface area contributed by atoms with Crippen LogP contribution in [0.1, 0.15) is 48.1 Å². The number of ether oxygens (including phenoxy) is 1. The Morgan fingerprint density at radius 2 is 1.79 bits per heavy atom. The number of aromatic nitrogens is 2. The fourth-order valence-corrected chi connectivity index (χ4v) is 3.43. The standard InChI is InChI=1S/C22H21Cl2FN2O2/c1-13-9-15(23)10-17(24)20(13)29-21(28)18-11-19(22(2,3)4)26-27(18)12-14-5-7-16(25)8-6-14/h5-11H,12H2,1-4H3. The molecule has 2 aromatic carbocycles. The molecule has 3 rings (SSSR count). The van der Waals surface area contributed by atoms with Gasteiger partial charge in [-0.05, 0) is 48.4 Å². The van der Waals surface area contributed by atoms with Crippen LogP contribution in [0.25, 0.3) is 0 Å². The lowest BCUT2D eigenvalue weighted by Gasteiger charge is -2.14. The van der Waals surface area contributed by atoms with Crippen LogP contribution < -0.4 is 4.74 Å². The summed E-state index contributed by atoms with van der Waals surface area (Å²) in [5.74, 6) is -0.646. The summed E-state index contributed by atoms with van der Waals surface area (Å²) in [5.41, 5.74) is 2.22. The van der Waals surface area contributed by atoms with Crippen LogP contribution in [0, 0.1) is 12.7 Å². The van der Waals surface area contributed by atoms with E-state index in [9.17, 15) is 9.18 Å². The molecule has 0 unspecified atom stereocenters. The van der Waals surface area contributed by atoms with Crippen molar-refractivity contribution in [3.63, 3.8) is 0 Å². The Morgan fingerprint density at radius 3 is 2.38 bits per heavy atom. The van der Waals surface area contributed by atoms with E-state index < -0.39 is 5.97 Å². The summed E-state index contributed by atoms with van der Waals surface area (Å²) < 4.78 is 20.4. The van der Waals surface area contributed by atoms with Gasteiger partial charge in [-0.1, -0.05) is 56.1 Å². The Morgan fingerprint density at radius 1 is 1.14 bits per heavy atom. The number of nitrogens with zero attached hydrogens (tertiary/aromatic N) is 2. The summed E-state index contributed by atoms with van der Waals surface area (Å²) in [6.45, 7) is 8.08. The van der Waals surface area contributed by atoms with Gasteiger partial charge >= 0.3 is 5.97 Å². The molecule has 0 fully saturated rings. The van der Waals surface area contributed by atoms with E-state index in [1.54, 1.807) is 35.9 Å². The molecule has 1 aromatic heterocycles. The number of halogens is 3. The number of rotatable bonds is 4. The van der Waals surface area contributed by atoms with Crippen LogP contribution in [0.3, 0.4) is 0 Å². The van der Waals surface area contributed by atoms with Gasteiger partial charge in [0.05, 0.1) is 17.3 Å². The van der Waals surface area contributed by atoms with Crippen LogP contribution in [0.2, 0.25) is 10.0 Å². The number of hydrogen-bond acceptors (Lipinski definition) is 3. The topological polar surface area (TPSA) is 44.1 Å². The Hall–Kier alpha value is -2.37. The van der Waals surface area contributed by atoms with Crippen LogP contribution in [-0.2, 0) is 12.0 Å². The highest BCUT2D eigenvalue weighted by atomic mass is 35.5. The molecule has 0 aliphatic rings. The molecule has 0 spiro atoms. The van der Waals surface area contributed by atoms with Crippen molar-refractivity contribution in [2.24, 2.45) is 0 Å². The highest BCUT2D eigenvalue weighted by Gasteiger charge is 2.25. The third-order valence-corrected chi connectivity index (χ3v) is 4.89. The van der Waals surface area contributed by atoms with Gasteiger partial charge in [-0.3, -0.25) is 4.68 Å². The van der Waals surface area contributed by atoms with Crippen molar-refractivity contribution in [1.29, 1.82) is 0 Å². The van der Waals surface area contributed by atoms with Gasteiger partial charge in [-0.25, -0.2) is 9.18 Å². The van der Waals surface area contributed by atoms with E-state index >= 15 is 0 Å². The van der Waals surface area contributed by atoms with E-state index in [1.807, 2.05) is 20.8 Å². The molecule has 0 radical (unpaired) electrons. The molecule has 0 atom stereocenters. The Kier molecular flexibility index (Phi) is 6.01. The lowest BCUT2D eigenvalue weighted by atomic mass is 9.92. The molecule has 0 aliphatic heterocycles. The summed E-state index contributed by atoms with van der Waals surface area (Å²) in [6.07, 6.45) is 0. The normalized spacial score (nSPS) is 11.6. The van der Waals surface area contributed by atoms with E-state index in [-0.39, 0.29) is 27.7 Å². The maximum atomic E-state index is 13.2. The van der Waals surface area contributed by atoms with Crippen molar-refractivity contribution in [2.75, 3.05) is 0 Å². The zero-order valence-electron chi connectivity index (χ0n) is 16.6. The zero-order valence-corrected chi connectivity index (χ0v) is 18.1. The first kappa shape index (κ1) is 21.3. The van der Waals surface area contributed by atoms with Gasteiger partial charge in [0.2, 0.25) is 0 Å². The number of esters is 1. The molecule has 152 valence electrons. The third-order valence-electron chi connectivity index (χ3n) is 4.39. The molecular weight excluding hydrogens is 414 g/mol. The maximum absolute atomic E-state index is 13.2. The summed E-state index contributed by atoms with van der Waals surface area (Å²) in [6, 6.07) is 11.0. The van der Waals surface area contributed by atoms with Gasteiger partial charge in [0, 0.05) is 10.4 Å². The van der Waals surface area contributed by atoms with Gasteiger partial charge < -0.3 is 4.74 Å². The highest BCUT2D eigenvalue weighted by molar-refractivity contribution is 6.35. The summed E-state index contributed by atoms with van der Waals surface area (Å²) >= 11 is 12.2. The average molecular weight is 435 g/mol. The van der Waals surface area contributed by atoms with Gasteiger partial charge in [0.1, 0.15) is 11.5 Å². The fraction of sp³-hybridized carbons (Fsp3) is 0.273. The summed E-state index contributed by atoms with van der Waals surface area (Å²) in [4.78, 5) is 13.0. The fourth-order valence-electron chi connectivity index (χ4n) is 2.79. The minimum absolute atomic E-state index is 0.254. The Bertz CT molecular complexity index is 1030. The van der Waals surface area contributed by atoms with Crippen LogP contribution in [-0.4, -0.2) is 15.7 Å². The minimum Gasteiger partial charge on any atom is -0.420 e. The lowest BCUT2D eigenvalue weighted by molar-refractivity contribution is 0.0721. The highest BCUT2D eigenvalue weighted by Crippen LogP contribution is 2.33. The van der Waals surface area contributed by atoms with Crippen LogP contribution in [0.4, 0.5) is 4.39 Å². The zero-order chi connectivity index (χ0) is 21.3. The molecule has 0 N–H and O–H groups in total. The van der Waals surface area contributed by atoms with Gasteiger partial charge in [-0.2, -0.15) is 5.10 Å². The average Bonchev–Trinajstić information content (AvgIpc) is 3.04. The SMILES string of the molecule is Cc1cc(Cl)cc(Cl)c1OC(=O)c1cc(C(C)(C)C)nn1Cc1ccc(F)cc1. The van der Waals surface area contributed by atoms with E-state index in [4.69, 9.17) is 27.9 Å². The quantitative estimate of drug-likeness (QED) is 0.362. The smallest absolute Gasteiger partial charge is 0.362 e. The molecule has 0 saturated heterocycles. The van der Waals surface area contributed by atoms with Gasteiger partial charge in [0.25, 0.3) is 0 Å². The van der Waals surface area contributed by atoms with E-state index in [2.05, 4.69) is 5.10 Å². The number of carbonyl (C=O) groups is 1. The van der Waals surface area contributed by atoms with Crippen LogP contribution in [0.5, 0.6) is 5.75 Å². The summed E-state index contributed by atoms with van der Waals surface area (Å²) in [5, 5.41) is 5.30. The molecule has 0 amide bonds. The van der Waals surface area contributed by atoms with Crippen LogP contribution in [0.15, 0.2) is 42.5 Å². The van der Waals surface area contributed by atoms with Crippen molar-refractivity contribution in [1.82, 2.24) is 9.78 Å². The second-order valence-corrected chi connectivity index (χ2v) is 8.72. The Balaban J connectivity index is 1.97. The molecule has 1 heterocycles. The van der Waals surface area contributed by atoms with Crippen molar-refractivity contribution in [2.45, 2.75) is 39.7 Å². The van der Waals surface area contributed by atoms with E-state index in [0.29, 0.717) is 17.1 Å². The number of aryl methyl sites for hydroxylation is 1. The number of carbonyl (C=O) groups excluding carboxylic acids is 1.